The van der Waals surface area contributed by atoms with Gasteiger partial charge in [-0.25, -0.2) is 9.40 Å². The van der Waals surface area contributed by atoms with Gasteiger partial charge >= 0.3 is 0 Å². The molecule has 3 aromatic rings. The van der Waals surface area contributed by atoms with Gasteiger partial charge in [-0.2, -0.15) is 10.1 Å². The van der Waals surface area contributed by atoms with Crippen molar-refractivity contribution < 1.29 is 23.5 Å². The Morgan fingerprint density at radius 2 is 1.68 bits per heavy atom. The monoisotopic (exact) mass is 532 g/mol. The number of anilines is 1. The van der Waals surface area contributed by atoms with Crippen molar-refractivity contribution in [3.8, 4) is 11.5 Å². The molecule has 10 heteroatoms. The Balaban J connectivity index is 1.36. The lowest BCUT2D eigenvalue weighted by Gasteiger charge is -2.23. The highest BCUT2D eigenvalue weighted by Crippen LogP contribution is 2.39. The summed E-state index contributed by atoms with van der Waals surface area (Å²) in [6.07, 6.45) is 0.450. The summed E-state index contributed by atoms with van der Waals surface area (Å²) < 4.78 is 24.5. The number of rotatable bonds is 7. The number of benzene rings is 3. The molecule has 2 aliphatic rings. The van der Waals surface area contributed by atoms with Crippen molar-refractivity contribution in [3.63, 3.8) is 0 Å². The number of aliphatic imine (C=N–C) groups is 1. The van der Waals surface area contributed by atoms with Gasteiger partial charge in [0.15, 0.2) is 5.17 Å². The number of thioether (sulfide) groups is 1. The normalized spacial score (nSPS) is 18.7. The standard InChI is InChI=1S/C28H25FN4O4S/c1-36-19-11-7-17(8-12-19)23-15-24(18-9-13-20(37-2)14-10-18)33(32-23)28-31-27(35)25(38-28)16-26(34)30-22-6-4-3-5-21(22)29/h3-14,24-25H,15-16H2,1-2H3,(H,30,34)/t24-,25+/m0/s1. The number of carbonyl (C=O) groups is 2. The number of hydrazone groups is 1. The summed E-state index contributed by atoms with van der Waals surface area (Å²) in [5, 5.41) is 8.82. The van der Waals surface area contributed by atoms with Crippen LogP contribution in [0.5, 0.6) is 11.5 Å². The Morgan fingerprint density at radius 3 is 2.34 bits per heavy atom. The first kappa shape index (κ1) is 25.5. The maximum absolute atomic E-state index is 13.9. The number of amides is 2. The molecule has 0 spiro atoms. The number of para-hydroxylation sites is 1. The molecule has 0 unspecified atom stereocenters. The van der Waals surface area contributed by atoms with Gasteiger partial charge in [0.05, 0.1) is 31.7 Å². The number of halogens is 1. The lowest BCUT2D eigenvalue weighted by molar-refractivity contribution is -0.121. The molecule has 3 aromatic carbocycles. The van der Waals surface area contributed by atoms with E-state index in [1.807, 2.05) is 48.5 Å². The summed E-state index contributed by atoms with van der Waals surface area (Å²) in [6.45, 7) is 0. The van der Waals surface area contributed by atoms with E-state index < -0.39 is 22.9 Å². The Kier molecular flexibility index (Phi) is 7.41. The van der Waals surface area contributed by atoms with E-state index in [1.54, 1.807) is 25.3 Å². The molecule has 1 N–H and O–H groups in total. The van der Waals surface area contributed by atoms with Crippen LogP contribution in [0, 0.1) is 5.82 Å². The Labute approximate surface area is 223 Å². The average molecular weight is 533 g/mol. The molecule has 0 aromatic heterocycles. The summed E-state index contributed by atoms with van der Waals surface area (Å²) in [6, 6.07) is 21.0. The fourth-order valence-corrected chi connectivity index (χ4v) is 5.33. The predicted molar refractivity (Wildman–Crippen MR) is 145 cm³/mol. The zero-order valence-corrected chi connectivity index (χ0v) is 21.6. The number of ether oxygens (including phenoxy) is 2. The summed E-state index contributed by atoms with van der Waals surface area (Å²) in [4.78, 5) is 29.6. The number of nitrogens with one attached hydrogen (secondary N) is 1. The number of amidine groups is 1. The van der Waals surface area contributed by atoms with Crippen molar-refractivity contribution in [2.45, 2.75) is 24.1 Å². The lowest BCUT2D eigenvalue weighted by Crippen LogP contribution is -2.25. The van der Waals surface area contributed by atoms with E-state index in [0.717, 1.165) is 28.3 Å². The maximum Gasteiger partial charge on any atom is 0.262 e. The Bertz CT molecular complexity index is 1410. The zero-order valence-electron chi connectivity index (χ0n) is 20.8. The molecule has 2 aliphatic heterocycles. The first-order chi connectivity index (χ1) is 18.4. The van der Waals surface area contributed by atoms with Gasteiger partial charge in [-0.15, -0.1) is 0 Å². The molecule has 8 nitrogen and oxygen atoms in total. The molecule has 0 bridgehead atoms. The highest BCUT2D eigenvalue weighted by Gasteiger charge is 2.39. The van der Waals surface area contributed by atoms with Crippen LogP contribution in [0.4, 0.5) is 10.1 Å². The lowest BCUT2D eigenvalue weighted by atomic mass is 9.98. The number of hydrogen-bond acceptors (Lipinski definition) is 7. The fourth-order valence-electron chi connectivity index (χ4n) is 4.27. The average Bonchev–Trinajstić information content (AvgIpc) is 3.54. The minimum absolute atomic E-state index is 0.0712. The third kappa shape index (κ3) is 5.40. The van der Waals surface area contributed by atoms with E-state index in [1.165, 1.54) is 30.0 Å². The highest BCUT2D eigenvalue weighted by atomic mass is 32.2. The van der Waals surface area contributed by atoms with Gasteiger partial charge in [-0.05, 0) is 59.7 Å². The minimum atomic E-state index is -0.728. The van der Waals surface area contributed by atoms with E-state index >= 15 is 0 Å². The quantitative estimate of drug-likeness (QED) is 0.459. The van der Waals surface area contributed by atoms with Crippen molar-refractivity contribution in [2.24, 2.45) is 10.1 Å². The van der Waals surface area contributed by atoms with Crippen LogP contribution in [-0.2, 0) is 9.59 Å². The smallest absolute Gasteiger partial charge is 0.262 e. The fraction of sp³-hybridized carbons (Fsp3) is 0.214. The molecular weight excluding hydrogens is 507 g/mol. The molecule has 2 atom stereocenters. The van der Waals surface area contributed by atoms with Crippen LogP contribution in [0.15, 0.2) is 82.9 Å². The third-order valence-corrected chi connectivity index (χ3v) is 7.42. The SMILES string of the molecule is COc1ccc(C2=NN(C3=NC(=O)[C@@H](CC(=O)Nc4ccccc4F)S3)[C@H](c3ccc(OC)cc3)C2)cc1. The topological polar surface area (TPSA) is 92.6 Å². The van der Waals surface area contributed by atoms with Crippen LogP contribution in [0.25, 0.3) is 0 Å². The molecule has 0 saturated carbocycles. The van der Waals surface area contributed by atoms with Crippen molar-refractivity contribution in [1.82, 2.24) is 5.01 Å². The molecule has 0 aliphatic carbocycles. The van der Waals surface area contributed by atoms with E-state index in [2.05, 4.69) is 10.3 Å². The third-order valence-electron chi connectivity index (χ3n) is 6.28. The van der Waals surface area contributed by atoms with Gasteiger partial charge < -0.3 is 14.8 Å². The van der Waals surface area contributed by atoms with E-state index in [4.69, 9.17) is 14.6 Å². The first-order valence-corrected chi connectivity index (χ1v) is 12.8. The molecule has 2 amide bonds. The predicted octanol–water partition coefficient (Wildman–Crippen LogP) is 5.02. The van der Waals surface area contributed by atoms with Crippen molar-refractivity contribution >= 4 is 40.1 Å². The molecule has 5 rings (SSSR count). The molecule has 0 fully saturated rings. The summed E-state index contributed by atoms with van der Waals surface area (Å²) in [5.74, 6) is 0.0539. The maximum atomic E-state index is 13.9. The second-order valence-electron chi connectivity index (χ2n) is 8.68. The molecule has 38 heavy (non-hydrogen) atoms. The minimum Gasteiger partial charge on any atom is -0.497 e. The molecule has 0 radical (unpaired) electrons. The second-order valence-corrected chi connectivity index (χ2v) is 9.85. The van der Waals surface area contributed by atoms with Gasteiger partial charge in [0.1, 0.15) is 22.6 Å². The van der Waals surface area contributed by atoms with Crippen LogP contribution in [-0.4, -0.2) is 47.2 Å². The number of nitrogens with zero attached hydrogens (tertiary/aromatic N) is 3. The van der Waals surface area contributed by atoms with Crippen molar-refractivity contribution in [1.29, 1.82) is 0 Å². The number of carbonyl (C=O) groups excluding carboxylic acids is 2. The largest absolute Gasteiger partial charge is 0.497 e. The number of hydrogen-bond donors (Lipinski definition) is 1. The molecule has 0 saturated heterocycles. The van der Waals surface area contributed by atoms with Gasteiger partial charge in [0, 0.05) is 12.8 Å². The van der Waals surface area contributed by atoms with Gasteiger partial charge in [-0.1, -0.05) is 36.0 Å². The van der Waals surface area contributed by atoms with Crippen LogP contribution in [0.3, 0.4) is 0 Å². The first-order valence-electron chi connectivity index (χ1n) is 11.9. The van der Waals surface area contributed by atoms with Crippen LogP contribution in [0.1, 0.15) is 30.0 Å². The Hall–Kier alpha value is -4.18. The van der Waals surface area contributed by atoms with Gasteiger partial charge in [-0.3, -0.25) is 9.59 Å². The van der Waals surface area contributed by atoms with Crippen molar-refractivity contribution in [3.05, 3.63) is 89.7 Å². The van der Waals surface area contributed by atoms with Crippen LogP contribution < -0.4 is 14.8 Å². The van der Waals surface area contributed by atoms with Crippen molar-refractivity contribution in [2.75, 3.05) is 19.5 Å². The zero-order chi connectivity index (χ0) is 26.6. The van der Waals surface area contributed by atoms with E-state index in [0.29, 0.717) is 11.6 Å². The van der Waals surface area contributed by atoms with Crippen LogP contribution in [0.2, 0.25) is 0 Å². The molecule has 2 heterocycles. The summed E-state index contributed by atoms with van der Waals surface area (Å²) in [7, 11) is 3.22. The highest BCUT2D eigenvalue weighted by molar-refractivity contribution is 8.15. The molecule has 194 valence electrons. The van der Waals surface area contributed by atoms with E-state index in [-0.39, 0.29) is 18.2 Å². The Morgan fingerprint density at radius 1 is 1.03 bits per heavy atom. The molecular formula is C28H25FN4O4S. The van der Waals surface area contributed by atoms with Gasteiger partial charge in [0.2, 0.25) is 5.91 Å². The second kappa shape index (κ2) is 11.1. The van der Waals surface area contributed by atoms with Gasteiger partial charge in [0.25, 0.3) is 5.91 Å². The summed E-state index contributed by atoms with van der Waals surface area (Å²) >= 11 is 1.19. The van der Waals surface area contributed by atoms with Crippen LogP contribution >= 0.6 is 11.8 Å². The van der Waals surface area contributed by atoms with E-state index in [9.17, 15) is 14.0 Å². The number of methoxy groups -OCH3 is 2. The summed E-state index contributed by atoms with van der Waals surface area (Å²) in [5.41, 5.74) is 2.82.